The summed E-state index contributed by atoms with van der Waals surface area (Å²) in [6.07, 6.45) is 0. The van der Waals surface area contributed by atoms with E-state index in [0.717, 1.165) is 0 Å². The summed E-state index contributed by atoms with van der Waals surface area (Å²) in [5.41, 5.74) is 7.50. The van der Waals surface area contributed by atoms with Crippen LogP contribution < -0.4 is 0 Å². The van der Waals surface area contributed by atoms with Crippen LogP contribution in [0.5, 0.6) is 0 Å². The lowest BCUT2D eigenvalue weighted by atomic mass is 10.0. The molecule has 0 fully saturated rings. The van der Waals surface area contributed by atoms with Crippen molar-refractivity contribution in [1.29, 1.82) is 0 Å². The van der Waals surface area contributed by atoms with Gasteiger partial charge in [-0.25, -0.2) is 0 Å². The van der Waals surface area contributed by atoms with E-state index in [1.807, 2.05) is 25.2 Å². The zero-order valence-corrected chi connectivity index (χ0v) is 21.1. The minimum Gasteiger partial charge on any atom is -0.309 e. The molecule has 2 heterocycles. The van der Waals surface area contributed by atoms with Gasteiger partial charge in [0.05, 0.1) is 11.0 Å². The van der Waals surface area contributed by atoms with Crippen molar-refractivity contribution in [2.75, 3.05) is 0 Å². The van der Waals surface area contributed by atoms with E-state index in [9.17, 15) is 0 Å². The smallest absolute Gasteiger partial charge is 0.0541 e. The number of aryl methyl sites for hydroxylation is 1. The summed E-state index contributed by atoms with van der Waals surface area (Å²) in [7, 11) is 0. The summed E-state index contributed by atoms with van der Waals surface area (Å²) in [6.45, 7) is 6.17. The Morgan fingerprint density at radius 1 is 0.514 bits per heavy atom. The fraction of sp³-hybridized carbons (Fsp3) is 0.0909. The van der Waals surface area contributed by atoms with Crippen LogP contribution in [0, 0.1) is 6.92 Å². The van der Waals surface area contributed by atoms with Crippen molar-refractivity contribution in [3.63, 3.8) is 0 Å². The molecule has 0 radical (unpaired) electrons. The van der Waals surface area contributed by atoms with Crippen molar-refractivity contribution in [1.82, 2.24) is 4.57 Å². The molecule has 0 saturated heterocycles. The van der Waals surface area contributed by atoms with Gasteiger partial charge in [-0.1, -0.05) is 74.0 Å². The zero-order chi connectivity index (χ0) is 23.9. The second-order valence-electron chi connectivity index (χ2n) is 8.73. The first kappa shape index (κ1) is 21.6. The molecule has 7 aromatic rings. The van der Waals surface area contributed by atoms with E-state index < -0.39 is 0 Å². The van der Waals surface area contributed by atoms with E-state index in [1.165, 1.54) is 64.4 Å². The quantitative estimate of drug-likeness (QED) is 0.237. The number of para-hydroxylation sites is 2. The van der Waals surface area contributed by atoms with Crippen molar-refractivity contribution in [2.24, 2.45) is 0 Å². The van der Waals surface area contributed by atoms with Crippen molar-refractivity contribution >= 4 is 53.3 Å². The average Bonchev–Trinajstić information content (AvgIpc) is 3.45. The first-order chi connectivity index (χ1) is 17.3. The lowest BCUT2D eigenvalue weighted by Crippen LogP contribution is -1.92. The maximum atomic E-state index is 2.37. The summed E-state index contributed by atoms with van der Waals surface area (Å²) < 4.78 is 5.07. The Morgan fingerprint density at radius 2 is 1.11 bits per heavy atom. The fourth-order valence-electron chi connectivity index (χ4n) is 5.08. The number of thiophene rings is 1. The highest BCUT2D eigenvalue weighted by molar-refractivity contribution is 7.25. The molecule has 0 unspecified atom stereocenters. The van der Waals surface area contributed by atoms with Gasteiger partial charge in [0.2, 0.25) is 0 Å². The Balaban J connectivity index is 0.00000112. The Hall–Kier alpha value is -3.88. The van der Waals surface area contributed by atoms with Crippen molar-refractivity contribution in [3.8, 4) is 16.8 Å². The maximum Gasteiger partial charge on any atom is 0.0541 e. The van der Waals surface area contributed by atoms with Crippen LogP contribution >= 0.6 is 11.3 Å². The van der Waals surface area contributed by atoms with Gasteiger partial charge in [0.15, 0.2) is 0 Å². The number of aromatic nitrogens is 1. The first-order valence-electron chi connectivity index (χ1n) is 12.3. The molecule has 2 aromatic heterocycles. The molecule has 0 aliphatic rings. The molecule has 0 spiro atoms. The van der Waals surface area contributed by atoms with Gasteiger partial charge in [-0.05, 0) is 72.6 Å². The van der Waals surface area contributed by atoms with E-state index >= 15 is 0 Å². The molecular weight excluding hydrogens is 442 g/mol. The van der Waals surface area contributed by atoms with Crippen LogP contribution in [0.2, 0.25) is 0 Å². The van der Waals surface area contributed by atoms with Crippen molar-refractivity contribution in [2.45, 2.75) is 20.8 Å². The molecular formula is C33H27NS. The SMILES string of the molecule is CC.Cc1ccc2sc3ccc(-c4ccc5c(c4)c4ccccc4n5-c4ccccc4)cc3c2c1. The third kappa shape index (κ3) is 3.53. The highest BCUT2D eigenvalue weighted by Crippen LogP contribution is 2.39. The monoisotopic (exact) mass is 469 g/mol. The number of benzene rings is 5. The molecule has 0 N–H and O–H groups in total. The van der Waals surface area contributed by atoms with Gasteiger partial charge in [-0.15, -0.1) is 11.3 Å². The molecule has 0 bridgehead atoms. The number of hydrogen-bond acceptors (Lipinski definition) is 1. The normalized spacial score (nSPS) is 11.3. The first-order valence-corrected chi connectivity index (χ1v) is 13.1. The van der Waals surface area contributed by atoms with Crippen LogP contribution in [0.4, 0.5) is 0 Å². The van der Waals surface area contributed by atoms with Gasteiger partial charge in [0, 0.05) is 36.6 Å². The van der Waals surface area contributed by atoms with Crippen LogP contribution in [0.15, 0.2) is 109 Å². The summed E-state index contributed by atoms with van der Waals surface area (Å²) in [6, 6.07) is 39.9. The van der Waals surface area contributed by atoms with E-state index in [4.69, 9.17) is 0 Å². The fourth-order valence-corrected chi connectivity index (χ4v) is 6.15. The molecule has 2 heteroatoms. The van der Waals surface area contributed by atoms with Crippen LogP contribution in [0.3, 0.4) is 0 Å². The highest BCUT2D eigenvalue weighted by Gasteiger charge is 2.13. The number of fused-ring (bicyclic) bond motifs is 6. The number of hydrogen-bond donors (Lipinski definition) is 0. The van der Waals surface area contributed by atoms with Gasteiger partial charge in [0.25, 0.3) is 0 Å². The third-order valence-corrected chi connectivity index (χ3v) is 7.80. The molecule has 0 aliphatic heterocycles. The predicted molar refractivity (Wildman–Crippen MR) is 155 cm³/mol. The Kier molecular flexibility index (Phi) is 5.39. The van der Waals surface area contributed by atoms with E-state index in [1.54, 1.807) is 0 Å². The summed E-state index contributed by atoms with van der Waals surface area (Å²) >= 11 is 1.88. The van der Waals surface area contributed by atoms with Crippen LogP contribution in [-0.2, 0) is 0 Å². The van der Waals surface area contributed by atoms with E-state index in [-0.39, 0.29) is 0 Å². The lowest BCUT2D eigenvalue weighted by Gasteiger charge is -2.08. The molecule has 7 rings (SSSR count). The topological polar surface area (TPSA) is 4.93 Å². The van der Waals surface area contributed by atoms with Crippen LogP contribution in [-0.4, -0.2) is 4.57 Å². The van der Waals surface area contributed by atoms with Crippen molar-refractivity contribution < 1.29 is 0 Å². The van der Waals surface area contributed by atoms with Gasteiger partial charge < -0.3 is 4.57 Å². The molecule has 170 valence electrons. The summed E-state index contributed by atoms with van der Waals surface area (Å²) in [5.74, 6) is 0. The molecule has 0 amide bonds. The second-order valence-corrected chi connectivity index (χ2v) is 9.82. The van der Waals surface area contributed by atoms with E-state index in [0.29, 0.717) is 0 Å². The van der Waals surface area contributed by atoms with Crippen LogP contribution in [0.25, 0.3) is 58.8 Å². The second kappa shape index (κ2) is 8.72. The molecule has 5 aromatic carbocycles. The Bertz CT molecular complexity index is 1820. The van der Waals surface area contributed by atoms with Gasteiger partial charge in [-0.3, -0.25) is 0 Å². The van der Waals surface area contributed by atoms with Gasteiger partial charge in [-0.2, -0.15) is 0 Å². The minimum atomic E-state index is 1.19. The van der Waals surface area contributed by atoms with Crippen LogP contribution in [0.1, 0.15) is 19.4 Å². The highest BCUT2D eigenvalue weighted by atomic mass is 32.1. The predicted octanol–water partition coefficient (Wildman–Crippen LogP) is 10.2. The maximum absolute atomic E-state index is 2.37. The third-order valence-electron chi connectivity index (χ3n) is 6.65. The minimum absolute atomic E-state index is 1.19. The molecule has 35 heavy (non-hydrogen) atoms. The van der Waals surface area contributed by atoms with Gasteiger partial charge in [0.1, 0.15) is 0 Å². The van der Waals surface area contributed by atoms with Gasteiger partial charge >= 0.3 is 0 Å². The lowest BCUT2D eigenvalue weighted by molar-refractivity contribution is 1.18. The summed E-state index contributed by atoms with van der Waals surface area (Å²) in [5, 5.41) is 5.29. The molecule has 0 aliphatic carbocycles. The Labute approximate surface area is 209 Å². The van der Waals surface area contributed by atoms with E-state index in [2.05, 4.69) is 121 Å². The number of nitrogens with zero attached hydrogens (tertiary/aromatic N) is 1. The Morgan fingerprint density at radius 3 is 1.91 bits per heavy atom. The largest absolute Gasteiger partial charge is 0.309 e. The standard InChI is InChI=1S/C31H21NS.C2H6/c1-20-11-15-30-26(17-20)27-19-22(13-16-31(27)33-30)21-12-14-29-25(18-21)24-9-5-6-10-28(24)32(29)23-7-3-2-4-8-23;1-2/h2-19H,1H3;1-2H3. The molecule has 1 nitrogen and oxygen atoms in total. The van der Waals surface area contributed by atoms with Crippen molar-refractivity contribution in [3.05, 3.63) is 115 Å². The zero-order valence-electron chi connectivity index (χ0n) is 20.2. The molecule has 0 saturated carbocycles. The average molecular weight is 470 g/mol. The number of rotatable bonds is 2. The molecule has 0 atom stereocenters. The summed E-state index contributed by atoms with van der Waals surface area (Å²) in [4.78, 5) is 0.